The highest BCUT2D eigenvalue weighted by molar-refractivity contribution is 5.08. The van der Waals surface area contributed by atoms with E-state index >= 15 is 0 Å². The minimum absolute atomic E-state index is 0.295. The molecule has 4 rings (SSSR count). The number of aromatic nitrogens is 3. The minimum atomic E-state index is 0.295. The molecule has 1 aromatic rings. The molecular weight excluding hydrogens is 248 g/mol. The number of rotatable bonds is 1. The minimum Gasteiger partial charge on any atom is -0.326 e. The Kier molecular flexibility index (Phi) is 3.29. The summed E-state index contributed by atoms with van der Waals surface area (Å²) >= 11 is 0. The standard InChI is InChI=1S/C16H26N4/c17-14-7-8-15-18-19-16(20(15)10-14)13-6-5-11-3-1-2-4-12(11)9-13/h11-14H,1-10,17H2. The van der Waals surface area contributed by atoms with Crippen molar-refractivity contribution < 1.29 is 0 Å². The highest BCUT2D eigenvalue weighted by atomic mass is 15.3. The van der Waals surface area contributed by atoms with Crippen molar-refractivity contribution in [3.05, 3.63) is 11.6 Å². The summed E-state index contributed by atoms with van der Waals surface area (Å²) in [6.45, 7) is 0.933. The topological polar surface area (TPSA) is 56.7 Å². The summed E-state index contributed by atoms with van der Waals surface area (Å²) < 4.78 is 2.35. The zero-order valence-corrected chi connectivity index (χ0v) is 12.3. The van der Waals surface area contributed by atoms with Crippen molar-refractivity contribution >= 4 is 0 Å². The maximum absolute atomic E-state index is 6.14. The number of nitrogens with zero attached hydrogens (tertiary/aromatic N) is 3. The zero-order valence-electron chi connectivity index (χ0n) is 12.3. The van der Waals surface area contributed by atoms with Crippen LogP contribution in [0.5, 0.6) is 0 Å². The molecule has 20 heavy (non-hydrogen) atoms. The van der Waals surface area contributed by atoms with E-state index in [2.05, 4.69) is 14.8 Å². The molecular formula is C16H26N4. The summed E-state index contributed by atoms with van der Waals surface area (Å²) in [5.41, 5.74) is 6.14. The van der Waals surface area contributed by atoms with Crippen LogP contribution in [0.3, 0.4) is 0 Å². The van der Waals surface area contributed by atoms with E-state index in [0.717, 1.165) is 31.2 Å². The smallest absolute Gasteiger partial charge is 0.136 e. The summed E-state index contributed by atoms with van der Waals surface area (Å²) in [5, 5.41) is 8.98. The molecule has 2 aliphatic carbocycles. The van der Waals surface area contributed by atoms with Gasteiger partial charge in [0.1, 0.15) is 11.6 Å². The van der Waals surface area contributed by atoms with Crippen LogP contribution in [-0.4, -0.2) is 20.8 Å². The molecule has 0 amide bonds. The summed E-state index contributed by atoms with van der Waals surface area (Å²) in [6.07, 6.45) is 12.0. The van der Waals surface area contributed by atoms with Gasteiger partial charge in [-0.2, -0.15) is 0 Å². The first-order chi connectivity index (χ1) is 9.81. The Labute approximate surface area is 121 Å². The van der Waals surface area contributed by atoms with E-state index in [4.69, 9.17) is 5.73 Å². The molecule has 0 aromatic carbocycles. The molecule has 2 fully saturated rings. The van der Waals surface area contributed by atoms with Crippen LogP contribution >= 0.6 is 0 Å². The summed E-state index contributed by atoms with van der Waals surface area (Å²) in [4.78, 5) is 0. The average molecular weight is 274 g/mol. The normalized spacial score (nSPS) is 37.2. The van der Waals surface area contributed by atoms with Crippen molar-refractivity contribution in [2.75, 3.05) is 0 Å². The molecule has 2 N–H and O–H groups in total. The lowest BCUT2D eigenvalue weighted by atomic mass is 9.67. The third-order valence-electron chi connectivity index (χ3n) is 5.92. The largest absolute Gasteiger partial charge is 0.326 e. The van der Waals surface area contributed by atoms with Crippen LogP contribution < -0.4 is 5.73 Å². The molecule has 1 aromatic heterocycles. The fourth-order valence-electron chi connectivity index (χ4n) is 4.78. The van der Waals surface area contributed by atoms with Crippen LogP contribution in [0.2, 0.25) is 0 Å². The molecule has 4 atom stereocenters. The van der Waals surface area contributed by atoms with E-state index < -0.39 is 0 Å². The molecule has 4 nitrogen and oxygen atoms in total. The molecule has 1 aliphatic heterocycles. The first-order valence-electron chi connectivity index (χ1n) is 8.49. The summed E-state index contributed by atoms with van der Waals surface area (Å²) in [6, 6.07) is 0.295. The Bertz CT molecular complexity index is 481. The lowest BCUT2D eigenvalue weighted by Crippen LogP contribution is -2.34. The Hall–Kier alpha value is -0.900. The van der Waals surface area contributed by atoms with Crippen molar-refractivity contribution in [3.63, 3.8) is 0 Å². The van der Waals surface area contributed by atoms with Crippen LogP contribution in [0.15, 0.2) is 0 Å². The lowest BCUT2D eigenvalue weighted by Gasteiger charge is -2.39. The number of hydrogen-bond donors (Lipinski definition) is 1. The number of nitrogens with two attached hydrogens (primary N) is 1. The van der Waals surface area contributed by atoms with E-state index in [0.29, 0.717) is 12.0 Å². The van der Waals surface area contributed by atoms with E-state index in [1.54, 1.807) is 0 Å². The molecule has 0 radical (unpaired) electrons. The lowest BCUT2D eigenvalue weighted by molar-refractivity contribution is 0.151. The molecule has 0 spiro atoms. The number of aryl methyl sites for hydroxylation is 1. The van der Waals surface area contributed by atoms with Crippen molar-refractivity contribution in [2.24, 2.45) is 17.6 Å². The molecule has 0 saturated heterocycles. The van der Waals surface area contributed by atoms with Gasteiger partial charge >= 0.3 is 0 Å². The van der Waals surface area contributed by atoms with E-state index in [-0.39, 0.29) is 0 Å². The van der Waals surface area contributed by atoms with Gasteiger partial charge in [-0.05, 0) is 37.5 Å². The molecule has 2 saturated carbocycles. The maximum atomic E-state index is 6.14. The van der Waals surface area contributed by atoms with Gasteiger partial charge in [-0.15, -0.1) is 10.2 Å². The fraction of sp³-hybridized carbons (Fsp3) is 0.875. The molecule has 2 heterocycles. The van der Waals surface area contributed by atoms with Crippen LogP contribution in [0, 0.1) is 11.8 Å². The fourth-order valence-corrected chi connectivity index (χ4v) is 4.78. The van der Waals surface area contributed by atoms with Gasteiger partial charge in [0, 0.05) is 24.9 Å². The second-order valence-corrected chi connectivity index (χ2v) is 7.20. The Morgan fingerprint density at radius 3 is 2.70 bits per heavy atom. The van der Waals surface area contributed by atoms with Gasteiger partial charge in [-0.3, -0.25) is 0 Å². The van der Waals surface area contributed by atoms with Crippen LogP contribution in [0.4, 0.5) is 0 Å². The number of hydrogen-bond acceptors (Lipinski definition) is 3. The molecule has 4 unspecified atom stereocenters. The van der Waals surface area contributed by atoms with Gasteiger partial charge in [0.2, 0.25) is 0 Å². The Balaban J connectivity index is 1.55. The van der Waals surface area contributed by atoms with Gasteiger partial charge in [0.05, 0.1) is 0 Å². The highest BCUT2D eigenvalue weighted by Crippen LogP contribution is 2.45. The number of fused-ring (bicyclic) bond motifs is 2. The Morgan fingerprint density at radius 2 is 1.80 bits per heavy atom. The quantitative estimate of drug-likeness (QED) is 0.856. The van der Waals surface area contributed by atoms with Crippen molar-refractivity contribution in [1.29, 1.82) is 0 Å². The maximum Gasteiger partial charge on any atom is 0.136 e. The first-order valence-corrected chi connectivity index (χ1v) is 8.49. The predicted octanol–water partition coefficient (Wildman–Crippen LogP) is 2.63. The van der Waals surface area contributed by atoms with Crippen molar-refractivity contribution in [2.45, 2.75) is 76.3 Å². The van der Waals surface area contributed by atoms with Crippen LogP contribution in [0.1, 0.15) is 68.9 Å². The third-order valence-corrected chi connectivity index (χ3v) is 5.92. The molecule has 0 bridgehead atoms. The second-order valence-electron chi connectivity index (χ2n) is 7.20. The van der Waals surface area contributed by atoms with E-state index in [9.17, 15) is 0 Å². The summed E-state index contributed by atoms with van der Waals surface area (Å²) in [5.74, 6) is 5.02. The van der Waals surface area contributed by atoms with E-state index in [1.165, 1.54) is 56.6 Å². The zero-order chi connectivity index (χ0) is 13.5. The second kappa shape index (κ2) is 5.14. The average Bonchev–Trinajstić information content (AvgIpc) is 2.89. The molecule has 4 heteroatoms. The highest BCUT2D eigenvalue weighted by Gasteiger charge is 2.35. The van der Waals surface area contributed by atoms with Gasteiger partial charge in [0.25, 0.3) is 0 Å². The first kappa shape index (κ1) is 12.8. The van der Waals surface area contributed by atoms with E-state index in [1.807, 2.05) is 0 Å². The SMILES string of the molecule is NC1CCc2nnc(C3CCC4CCCCC4C3)n2C1. The summed E-state index contributed by atoms with van der Waals surface area (Å²) in [7, 11) is 0. The van der Waals surface area contributed by atoms with Crippen LogP contribution in [-0.2, 0) is 13.0 Å². The van der Waals surface area contributed by atoms with Crippen molar-refractivity contribution in [1.82, 2.24) is 14.8 Å². The monoisotopic (exact) mass is 274 g/mol. The van der Waals surface area contributed by atoms with Gasteiger partial charge in [-0.1, -0.05) is 25.7 Å². The van der Waals surface area contributed by atoms with Gasteiger partial charge in [0.15, 0.2) is 0 Å². The van der Waals surface area contributed by atoms with Crippen molar-refractivity contribution in [3.8, 4) is 0 Å². The van der Waals surface area contributed by atoms with Gasteiger partial charge < -0.3 is 10.3 Å². The predicted molar refractivity (Wildman–Crippen MR) is 78.4 cm³/mol. The van der Waals surface area contributed by atoms with Gasteiger partial charge in [-0.25, -0.2) is 0 Å². The van der Waals surface area contributed by atoms with Crippen LogP contribution in [0.25, 0.3) is 0 Å². The molecule has 110 valence electrons. The molecule has 3 aliphatic rings. The third kappa shape index (κ3) is 2.18. The Morgan fingerprint density at radius 1 is 0.950 bits per heavy atom.